The van der Waals surface area contributed by atoms with Crippen LogP contribution in [0.25, 0.3) is 11.4 Å². The molecule has 0 aliphatic heterocycles. The van der Waals surface area contributed by atoms with E-state index in [0.717, 1.165) is 34.3 Å². The average Bonchev–Trinajstić information content (AvgIpc) is 3.26. The second kappa shape index (κ2) is 9.49. The number of H-pyrrole nitrogens is 1. The highest BCUT2D eigenvalue weighted by atomic mass is 127. The van der Waals surface area contributed by atoms with Crippen LogP contribution in [0.1, 0.15) is 22.5 Å². The molecule has 2 heterocycles. The van der Waals surface area contributed by atoms with E-state index in [9.17, 15) is 0 Å². The highest BCUT2D eigenvalue weighted by Gasteiger charge is 2.10. The van der Waals surface area contributed by atoms with E-state index in [2.05, 4.69) is 55.0 Å². The van der Waals surface area contributed by atoms with Crippen LogP contribution in [-0.2, 0) is 20.1 Å². The summed E-state index contributed by atoms with van der Waals surface area (Å²) in [5.74, 6) is 1.51. The van der Waals surface area contributed by atoms with Gasteiger partial charge in [0, 0.05) is 44.0 Å². The number of aromatic nitrogens is 5. The van der Waals surface area contributed by atoms with Gasteiger partial charge in [0.25, 0.3) is 0 Å². The quantitative estimate of drug-likeness (QED) is 0.296. The van der Waals surface area contributed by atoms with Crippen molar-refractivity contribution in [3.05, 3.63) is 53.1 Å². The molecule has 0 aliphatic carbocycles. The van der Waals surface area contributed by atoms with Gasteiger partial charge >= 0.3 is 0 Å². The van der Waals surface area contributed by atoms with Crippen molar-refractivity contribution in [3.8, 4) is 11.4 Å². The number of benzene rings is 1. The van der Waals surface area contributed by atoms with Crippen LogP contribution in [0.3, 0.4) is 0 Å². The number of nitrogens with zero attached hydrogens (tertiary/aromatic N) is 5. The van der Waals surface area contributed by atoms with Crippen LogP contribution >= 0.6 is 24.0 Å². The molecular formula is C18H25IN8. The highest BCUT2D eigenvalue weighted by Crippen LogP contribution is 2.15. The molecule has 0 saturated heterocycles. The molecule has 144 valence electrons. The third kappa shape index (κ3) is 5.06. The smallest absolute Gasteiger partial charge is 0.191 e. The zero-order valence-corrected chi connectivity index (χ0v) is 18.3. The number of halogens is 1. The lowest BCUT2D eigenvalue weighted by Crippen LogP contribution is -2.36. The molecule has 0 atom stereocenters. The van der Waals surface area contributed by atoms with E-state index >= 15 is 0 Å². The molecule has 0 saturated carbocycles. The second-order valence-electron chi connectivity index (χ2n) is 6.09. The third-order valence-electron chi connectivity index (χ3n) is 4.39. The molecule has 0 aliphatic rings. The molecule has 0 spiro atoms. The van der Waals surface area contributed by atoms with Gasteiger partial charge in [-0.05, 0) is 25.5 Å². The first kappa shape index (κ1) is 20.9. The molecule has 3 rings (SSSR count). The molecule has 0 bridgehead atoms. The lowest BCUT2D eigenvalue weighted by molar-refractivity contribution is 0.728. The van der Waals surface area contributed by atoms with E-state index in [1.807, 2.05) is 30.8 Å². The van der Waals surface area contributed by atoms with Crippen LogP contribution in [0, 0.1) is 13.8 Å². The molecule has 2 aromatic heterocycles. The van der Waals surface area contributed by atoms with E-state index < -0.39 is 0 Å². The molecule has 0 radical (unpaired) electrons. The van der Waals surface area contributed by atoms with E-state index in [1.165, 1.54) is 11.9 Å². The first-order valence-corrected chi connectivity index (χ1v) is 8.46. The molecule has 9 heteroatoms. The fourth-order valence-electron chi connectivity index (χ4n) is 2.82. The Balaban J connectivity index is 0.00000261. The summed E-state index contributed by atoms with van der Waals surface area (Å²) < 4.78 is 1.90. The number of guanidine groups is 1. The van der Waals surface area contributed by atoms with Crippen LogP contribution < -0.4 is 10.6 Å². The zero-order valence-electron chi connectivity index (χ0n) is 15.9. The van der Waals surface area contributed by atoms with Crippen molar-refractivity contribution < 1.29 is 0 Å². The van der Waals surface area contributed by atoms with Gasteiger partial charge in [-0.15, -0.1) is 24.0 Å². The maximum Gasteiger partial charge on any atom is 0.191 e. The Bertz CT molecular complexity index is 898. The van der Waals surface area contributed by atoms with E-state index in [-0.39, 0.29) is 24.0 Å². The number of hydrogen-bond acceptors (Lipinski definition) is 4. The lowest BCUT2D eigenvalue weighted by Gasteiger charge is -2.12. The Hall–Kier alpha value is -2.43. The SMILES string of the molecule is CN=C(NCc1cccc(-c2ncn[nH]2)c1)NCc1c(C)nn(C)c1C.I. The van der Waals surface area contributed by atoms with Crippen LogP contribution in [0.15, 0.2) is 35.6 Å². The maximum absolute atomic E-state index is 4.44. The van der Waals surface area contributed by atoms with Gasteiger partial charge in [0.05, 0.1) is 5.69 Å². The predicted octanol–water partition coefficient (Wildman–Crippen LogP) is 2.31. The Morgan fingerprint density at radius 3 is 2.63 bits per heavy atom. The Morgan fingerprint density at radius 1 is 1.22 bits per heavy atom. The number of nitrogens with one attached hydrogen (secondary N) is 3. The summed E-state index contributed by atoms with van der Waals surface area (Å²) in [6.45, 7) is 5.44. The second-order valence-corrected chi connectivity index (χ2v) is 6.09. The topological polar surface area (TPSA) is 95.8 Å². The van der Waals surface area contributed by atoms with Gasteiger partial charge in [-0.3, -0.25) is 14.8 Å². The molecular weight excluding hydrogens is 455 g/mol. The van der Waals surface area contributed by atoms with Gasteiger partial charge in [0.2, 0.25) is 0 Å². The Morgan fingerprint density at radius 2 is 2.00 bits per heavy atom. The van der Waals surface area contributed by atoms with Crippen molar-refractivity contribution >= 4 is 29.9 Å². The largest absolute Gasteiger partial charge is 0.352 e. The zero-order chi connectivity index (χ0) is 18.5. The summed E-state index contributed by atoms with van der Waals surface area (Å²) in [7, 11) is 3.73. The number of rotatable bonds is 5. The fraction of sp³-hybridized carbons (Fsp3) is 0.333. The molecule has 8 nitrogen and oxygen atoms in total. The van der Waals surface area contributed by atoms with Crippen molar-refractivity contribution in [2.75, 3.05) is 7.05 Å². The minimum Gasteiger partial charge on any atom is -0.352 e. The van der Waals surface area contributed by atoms with Crippen LogP contribution in [0.5, 0.6) is 0 Å². The first-order chi connectivity index (χ1) is 12.6. The first-order valence-electron chi connectivity index (χ1n) is 8.46. The van der Waals surface area contributed by atoms with Gasteiger partial charge in [-0.2, -0.15) is 10.2 Å². The minimum atomic E-state index is 0. The number of aliphatic imine (C=N–C) groups is 1. The van der Waals surface area contributed by atoms with Gasteiger partial charge in [-0.1, -0.05) is 18.2 Å². The van der Waals surface area contributed by atoms with Crippen molar-refractivity contribution in [1.82, 2.24) is 35.6 Å². The van der Waals surface area contributed by atoms with Gasteiger partial charge in [0.15, 0.2) is 11.8 Å². The van der Waals surface area contributed by atoms with Crippen molar-refractivity contribution in [3.63, 3.8) is 0 Å². The monoisotopic (exact) mass is 480 g/mol. The summed E-state index contributed by atoms with van der Waals surface area (Å²) in [5.41, 5.74) is 5.53. The maximum atomic E-state index is 4.44. The summed E-state index contributed by atoms with van der Waals surface area (Å²) in [5, 5.41) is 17.9. The van der Waals surface area contributed by atoms with Crippen LogP contribution in [0.2, 0.25) is 0 Å². The normalized spacial score (nSPS) is 11.2. The summed E-state index contributed by atoms with van der Waals surface area (Å²) in [6, 6.07) is 8.16. The number of aryl methyl sites for hydroxylation is 2. The average molecular weight is 480 g/mol. The predicted molar refractivity (Wildman–Crippen MR) is 117 cm³/mol. The molecule has 3 N–H and O–H groups in total. The minimum absolute atomic E-state index is 0. The Kier molecular flexibility index (Phi) is 7.34. The van der Waals surface area contributed by atoms with Crippen LogP contribution in [0.4, 0.5) is 0 Å². The van der Waals surface area contributed by atoms with E-state index in [0.29, 0.717) is 13.1 Å². The number of aromatic amines is 1. The van der Waals surface area contributed by atoms with E-state index in [4.69, 9.17) is 0 Å². The molecule has 0 fully saturated rings. The third-order valence-corrected chi connectivity index (χ3v) is 4.39. The van der Waals surface area contributed by atoms with Gasteiger partial charge < -0.3 is 10.6 Å². The fourth-order valence-corrected chi connectivity index (χ4v) is 2.82. The van der Waals surface area contributed by atoms with E-state index in [1.54, 1.807) is 7.05 Å². The van der Waals surface area contributed by atoms with Crippen molar-refractivity contribution in [1.29, 1.82) is 0 Å². The summed E-state index contributed by atoms with van der Waals surface area (Å²) in [4.78, 5) is 8.48. The summed E-state index contributed by atoms with van der Waals surface area (Å²) >= 11 is 0. The Labute approximate surface area is 175 Å². The summed E-state index contributed by atoms with van der Waals surface area (Å²) in [6.07, 6.45) is 1.51. The molecule has 27 heavy (non-hydrogen) atoms. The highest BCUT2D eigenvalue weighted by molar-refractivity contribution is 14.0. The van der Waals surface area contributed by atoms with Crippen molar-refractivity contribution in [2.45, 2.75) is 26.9 Å². The molecule has 3 aromatic rings. The molecule has 0 unspecified atom stereocenters. The standard InChI is InChI=1S/C18H24N8.HI/c1-12-16(13(2)26(4)25-12)10-21-18(19-3)20-9-14-6-5-7-15(8-14)17-22-11-23-24-17;/h5-8,11H,9-10H2,1-4H3,(H2,19,20,21)(H,22,23,24);1H. The van der Waals surface area contributed by atoms with Crippen LogP contribution in [-0.4, -0.2) is 38.0 Å². The van der Waals surface area contributed by atoms with Crippen molar-refractivity contribution in [2.24, 2.45) is 12.0 Å². The van der Waals surface area contributed by atoms with Gasteiger partial charge in [0.1, 0.15) is 6.33 Å². The molecule has 0 amide bonds. The number of hydrogen-bond donors (Lipinski definition) is 3. The lowest BCUT2D eigenvalue weighted by atomic mass is 10.1. The van der Waals surface area contributed by atoms with Gasteiger partial charge in [-0.25, -0.2) is 4.98 Å². The molecule has 1 aromatic carbocycles.